The molecule has 0 atom stereocenters. The van der Waals surface area contributed by atoms with Crippen molar-refractivity contribution in [2.45, 2.75) is 13.3 Å². The van der Waals surface area contributed by atoms with Crippen molar-refractivity contribution in [3.05, 3.63) is 39.3 Å². The van der Waals surface area contributed by atoms with Crippen LogP contribution in [0.2, 0.25) is 10.0 Å². The summed E-state index contributed by atoms with van der Waals surface area (Å²) in [7, 11) is 2.86. The summed E-state index contributed by atoms with van der Waals surface area (Å²) in [6, 6.07) is 3.24. The van der Waals surface area contributed by atoms with Gasteiger partial charge in [-0.1, -0.05) is 30.1 Å². The summed E-state index contributed by atoms with van der Waals surface area (Å²) in [5.41, 5.74) is 6.81. The number of hydrogen-bond acceptors (Lipinski definition) is 5. The molecule has 8 heteroatoms. The molecular weight excluding hydrogens is 356 g/mol. The van der Waals surface area contributed by atoms with Gasteiger partial charge in [-0.15, -0.1) is 0 Å². The molecule has 0 amide bonds. The molecule has 0 saturated carbocycles. The van der Waals surface area contributed by atoms with Crippen molar-refractivity contribution in [1.29, 1.82) is 0 Å². The lowest BCUT2D eigenvalue weighted by molar-refractivity contribution is 0.0594. The number of esters is 1. The standard InChI is InChI=1S/C16H16Cl2FN3O2/c1-4-7-9(17)6-5-8(13(7)21-2)14-11(19)12(20)10(18)15(22-14)16(23)24-3/h5-6,21H,4H2,1-3H3,(H2,20,22). The fourth-order valence-electron chi connectivity index (χ4n) is 2.42. The molecule has 0 aliphatic heterocycles. The van der Waals surface area contributed by atoms with Gasteiger partial charge in [0.1, 0.15) is 5.69 Å². The number of carbonyl (C=O) groups excluding carboxylic acids is 1. The van der Waals surface area contributed by atoms with Crippen LogP contribution >= 0.6 is 23.2 Å². The van der Waals surface area contributed by atoms with Gasteiger partial charge in [0, 0.05) is 23.3 Å². The van der Waals surface area contributed by atoms with E-state index >= 15 is 0 Å². The number of anilines is 2. The lowest BCUT2D eigenvalue weighted by Gasteiger charge is -2.17. The van der Waals surface area contributed by atoms with E-state index in [4.69, 9.17) is 28.9 Å². The molecule has 0 unspecified atom stereocenters. The van der Waals surface area contributed by atoms with E-state index in [1.54, 1.807) is 19.2 Å². The second-order valence-corrected chi connectivity index (χ2v) is 5.68. The first kappa shape index (κ1) is 18.3. The molecule has 2 rings (SSSR count). The van der Waals surface area contributed by atoms with Gasteiger partial charge in [-0.2, -0.15) is 0 Å². The average Bonchev–Trinajstić information content (AvgIpc) is 2.59. The van der Waals surface area contributed by atoms with Crippen molar-refractivity contribution >= 4 is 40.5 Å². The van der Waals surface area contributed by atoms with E-state index in [1.165, 1.54) is 7.11 Å². The average molecular weight is 372 g/mol. The second-order valence-electron chi connectivity index (χ2n) is 4.89. The smallest absolute Gasteiger partial charge is 0.358 e. The Bertz CT molecular complexity index is 813. The zero-order chi connectivity index (χ0) is 18.0. The number of pyridine rings is 1. The fourth-order valence-corrected chi connectivity index (χ4v) is 2.92. The molecule has 1 aromatic carbocycles. The summed E-state index contributed by atoms with van der Waals surface area (Å²) in [5, 5.41) is 3.26. The molecule has 0 saturated heterocycles. The molecule has 128 valence electrons. The van der Waals surface area contributed by atoms with Crippen LogP contribution in [-0.4, -0.2) is 25.1 Å². The minimum atomic E-state index is -0.812. The number of methoxy groups -OCH3 is 1. The first-order chi connectivity index (χ1) is 11.4. The Balaban J connectivity index is 2.83. The minimum Gasteiger partial charge on any atom is -0.464 e. The third-order valence-corrected chi connectivity index (χ3v) is 4.34. The third-order valence-electron chi connectivity index (χ3n) is 3.61. The van der Waals surface area contributed by atoms with Crippen LogP contribution in [-0.2, 0) is 11.2 Å². The van der Waals surface area contributed by atoms with Crippen LogP contribution in [0.5, 0.6) is 0 Å². The van der Waals surface area contributed by atoms with Crippen molar-refractivity contribution in [1.82, 2.24) is 4.98 Å². The number of hydrogen-bond donors (Lipinski definition) is 2. The fraction of sp³-hybridized carbons (Fsp3) is 0.250. The van der Waals surface area contributed by atoms with Crippen LogP contribution in [0.4, 0.5) is 15.8 Å². The Kier molecular flexibility index (Phi) is 5.51. The van der Waals surface area contributed by atoms with Gasteiger partial charge in [0.25, 0.3) is 0 Å². The Morgan fingerprint density at radius 1 is 1.42 bits per heavy atom. The Labute approximate surface area is 148 Å². The topological polar surface area (TPSA) is 77.2 Å². The van der Waals surface area contributed by atoms with E-state index in [0.717, 1.165) is 5.56 Å². The Morgan fingerprint density at radius 2 is 2.08 bits per heavy atom. The summed E-state index contributed by atoms with van der Waals surface area (Å²) in [6.45, 7) is 1.92. The molecule has 0 aliphatic carbocycles. The van der Waals surface area contributed by atoms with Crippen molar-refractivity contribution in [2.75, 3.05) is 25.2 Å². The summed E-state index contributed by atoms with van der Waals surface area (Å²) < 4.78 is 19.3. The quantitative estimate of drug-likeness (QED) is 0.788. The molecule has 1 heterocycles. The van der Waals surface area contributed by atoms with E-state index in [1.807, 2.05) is 6.92 Å². The molecule has 0 spiro atoms. The normalized spacial score (nSPS) is 10.6. The minimum absolute atomic E-state index is 0.104. The maximum Gasteiger partial charge on any atom is 0.358 e. The molecule has 5 nitrogen and oxygen atoms in total. The molecule has 1 aromatic heterocycles. The molecule has 0 fully saturated rings. The van der Waals surface area contributed by atoms with E-state index in [0.29, 0.717) is 22.7 Å². The molecule has 0 bridgehead atoms. The number of aromatic nitrogens is 1. The lowest BCUT2D eigenvalue weighted by atomic mass is 10.0. The predicted octanol–water partition coefficient (Wildman–Crippen LogP) is 4.17. The van der Waals surface area contributed by atoms with Gasteiger partial charge >= 0.3 is 5.97 Å². The highest BCUT2D eigenvalue weighted by Crippen LogP contribution is 2.39. The third kappa shape index (κ3) is 2.99. The highest BCUT2D eigenvalue weighted by molar-refractivity contribution is 6.36. The monoisotopic (exact) mass is 371 g/mol. The van der Waals surface area contributed by atoms with Crippen molar-refractivity contribution in [3.8, 4) is 11.3 Å². The number of benzene rings is 1. The highest BCUT2D eigenvalue weighted by Gasteiger charge is 2.24. The summed E-state index contributed by atoms with van der Waals surface area (Å²) in [4.78, 5) is 15.9. The van der Waals surface area contributed by atoms with Crippen LogP contribution in [0, 0.1) is 5.82 Å². The van der Waals surface area contributed by atoms with Gasteiger partial charge < -0.3 is 15.8 Å². The first-order valence-electron chi connectivity index (χ1n) is 7.09. The predicted molar refractivity (Wildman–Crippen MR) is 94.3 cm³/mol. The molecule has 2 aromatic rings. The zero-order valence-electron chi connectivity index (χ0n) is 13.3. The first-order valence-corrected chi connectivity index (χ1v) is 7.85. The summed E-state index contributed by atoms with van der Waals surface area (Å²) in [5.74, 6) is -1.61. The van der Waals surface area contributed by atoms with Crippen molar-refractivity contribution in [2.24, 2.45) is 0 Å². The van der Waals surface area contributed by atoms with Crippen LogP contribution < -0.4 is 11.1 Å². The molecule has 0 aliphatic rings. The number of nitrogen functional groups attached to an aromatic ring is 1. The highest BCUT2D eigenvalue weighted by atomic mass is 35.5. The van der Waals surface area contributed by atoms with E-state index in [9.17, 15) is 9.18 Å². The zero-order valence-corrected chi connectivity index (χ0v) is 14.8. The van der Waals surface area contributed by atoms with Crippen LogP contribution in [0.3, 0.4) is 0 Å². The Morgan fingerprint density at radius 3 is 2.62 bits per heavy atom. The summed E-state index contributed by atoms with van der Waals surface area (Å²) in [6.07, 6.45) is 0.622. The SMILES string of the molecule is CCc1c(Cl)ccc(-c2nc(C(=O)OC)c(Cl)c(N)c2F)c1NC. The Hall–Kier alpha value is -2.05. The molecule has 0 radical (unpaired) electrons. The van der Waals surface area contributed by atoms with Gasteiger partial charge in [0.05, 0.1) is 17.8 Å². The van der Waals surface area contributed by atoms with Crippen LogP contribution in [0.15, 0.2) is 12.1 Å². The van der Waals surface area contributed by atoms with Gasteiger partial charge in [-0.3, -0.25) is 0 Å². The van der Waals surface area contributed by atoms with Gasteiger partial charge in [0.2, 0.25) is 0 Å². The number of carbonyl (C=O) groups is 1. The van der Waals surface area contributed by atoms with E-state index < -0.39 is 11.8 Å². The number of nitrogens with two attached hydrogens (primary N) is 1. The number of nitrogens with one attached hydrogen (secondary N) is 1. The van der Waals surface area contributed by atoms with Gasteiger partial charge in [-0.25, -0.2) is 14.2 Å². The van der Waals surface area contributed by atoms with Gasteiger partial charge in [-0.05, 0) is 24.1 Å². The number of nitrogens with zero attached hydrogens (tertiary/aromatic N) is 1. The van der Waals surface area contributed by atoms with Crippen molar-refractivity contribution < 1.29 is 13.9 Å². The second kappa shape index (κ2) is 7.23. The summed E-state index contributed by atoms with van der Waals surface area (Å²) >= 11 is 12.1. The molecular formula is C16H16Cl2FN3O2. The van der Waals surface area contributed by atoms with Crippen molar-refractivity contribution in [3.63, 3.8) is 0 Å². The van der Waals surface area contributed by atoms with E-state index in [-0.39, 0.29) is 22.1 Å². The number of ether oxygens (including phenoxy) is 1. The maximum absolute atomic E-state index is 14.7. The van der Waals surface area contributed by atoms with E-state index in [2.05, 4.69) is 15.0 Å². The number of rotatable bonds is 4. The van der Waals surface area contributed by atoms with Crippen LogP contribution in [0.1, 0.15) is 23.0 Å². The maximum atomic E-state index is 14.7. The van der Waals surface area contributed by atoms with Gasteiger partial charge in [0.15, 0.2) is 11.5 Å². The molecule has 3 N–H and O–H groups in total. The molecule has 24 heavy (non-hydrogen) atoms. The number of halogens is 3. The van der Waals surface area contributed by atoms with Crippen LogP contribution in [0.25, 0.3) is 11.3 Å². The largest absolute Gasteiger partial charge is 0.464 e. The lowest BCUT2D eigenvalue weighted by Crippen LogP contribution is -2.11.